The highest BCUT2D eigenvalue weighted by Crippen LogP contribution is 2.25. The molecule has 0 saturated heterocycles. The first-order valence-corrected chi connectivity index (χ1v) is 18.6. The smallest absolute Gasteiger partial charge is 0.326 e. The molecule has 0 aliphatic heterocycles. The summed E-state index contributed by atoms with van der Waals surface area (Å²) in [6.07, 6.45) is 11.5. The number of hydrogen-bond acceptors (Lipinski definition) is 6. The molecule has 276 valence electrons. The molecule has 2 amide bonds. The van der Waals surface area contributed by atoms with Crippen molar-refractivity contribution in [1.29, 1.82) is 0 Å². The number of nitrogens with one attached hydrogen (secondary N) is 2. The number of carbonyl (C=O) groups excluding carboxylic acids is 2. The van der Waals surface area contributed by atoms with Gasteiger partial charge in [0.05, 0.1) is 6.61 Å². The molecule has 1 heterocycles. The summed E-state index contributed by atoms with van der Waals surface area (Å²) in [5.41, 5.74) is 4.90. The van der Waals surface area contributed by atoms with Crippen molar-refractivity contribution in [3.8, 4) is 28.3 Å². The second-order valence-electron chi connectivity index (χ2n) is 14.4. The van der Waals surface area contributed by atoms with Gasteiger partial charge in [0, 0.05) is 35.5 Å². The van der Waals surface area contributed by atoms with E-state index >= 15 is 0 Å². The van der Waals surface area contributed by atoms with E-state index in [0.717, 1.165) is 53.0 Å². The zero-order chi connectivity index (χ0) is 37.5. The lowest BCUT2D eigenvalue weighted by atomic mass is 9.86. The Bertz CT molecular complexity index is 1710. The number of rotatable bonds is 19. The normalized spacial score (nSPS) is 12.5. The lowest BCUT2D eigenvalue weighted by Crippen LogP contribution is -2.52. The summed E-state index contributed by atoms with van der Waals surface area (Å²) >= 11 is 0. The third kappa shape index (κ3) is 12.0. The molecule has 0 aliphatic carbocycles. The van der Waals surface area contributed by atoms with Crippen LogP contribution in [-0.4, -0.2) is 51.5 Å². The van der Waals surface area contributed by atoms with Crippen LogP contribution in [0.1, 0.15) is 107 Å². The van der Waals surface area contributed by atoms with Gasteiger partial charge < -0.3 is 20.5 Å². The van der Waals surface area contributed by atoms with Gasteiger partial charge in [-0.15, -0.1) is 0 Å². The molecule has 52 heavy (non-hydrogen) atoms. The predicted octanol–water partition coefficient (Wildman–Crippen LogP) is 8.56. The summed E-state index contributed by atoms with van der Waals surface area (Å²) in [7, 11) is 0. The first-order chi connectivity index (χ1) is 25.0. The Morgan fingerprint density at radius 3 is 1.92 bits per heavy atom. The zero-order valence-electron chi connectivity index (χ0n) is 31.3. The van der Waals surface area contributed by atoms with E-state index in [1.165, 1.54) is 25.7 Å². The number of nitrogens with zero attached hydrogens (tertiary/aromatic N) is 2. The van der Waals surface area contributed by atoms with Crippen LogP contribution in [0.5, 0.6) is 5.75 Å². The number of amides is 2. The van der Waals surface area contributed by atoms with Gasteiger partial charge in [-0.2, -0.15) is 0 Å². The van der Waals surface area contributed by atoms with Crippen LogP contribution in [0.4, 0.5) is 0 Å². The van der Waals surface area contributed by atoms with Gasteiger partial charge in [-0.1, -0.05) is 122 Å². The Morgan fingerprint density at radius 2 is 1.33 bits per heavy atom. The molecule has 2 atom stereocenters. The largest absolute Gasteiger partial charge is 0.494 e. The maximum absolute atomic E-state index is 13.5. The molecule has 9 nitrogen and oxygen atoms in total. The van der Waals surface area contributed by atoms with Crippen molar-refractivity contribution in [2.75, 3.05) is 6.61 Å². The monoisotopic (exact) mass is 706 g/mol. The van der Waals surface area contributed by atoms with Gasteiger partial charge in [0.15, 0.2) is 5.82 Å². The number of hydrogen-bond donors (Lipinski definition) is 3. The molecule has 4 aromatic rings. The van der Waals surface area contributed by atoms with Gasteiger partial charge in [0.25, 0.3) is 5.91 Å². The molecular weight excluding hydrogens is 652 g/mol. The molecule has 0 spiro atoms. The Morgan fingerprint density at radius 1 is 0.712 bits per heavy atom. The number of carbonyl (C=O) groups is 3. The fourth-order valence-electron chi connectivity index (χ4n) is 5.80. The minimum atomic E-state index is -1.10. The van der Waals surface area contributed by atoms with Gasteiger partial charge in [-0.25, -0.2) is 14.8 Å². The molecule has 0 saturated carbocycles. The van der Waals surface area contributed by atoms with Crippen LogP contribution in [0.15, 0.2) is 85.2 Å². The Labute approximate surface area is 308 Å². The molecule has 9 heteroatoms. The number of benzene rings is 3. The number of ether oxygens (including phenoxy) is 1. The predicted molar refractivity (Wildman–Crippen MR) is 206 cm³/mol. The Hall–Kier alpha value is -5.05. The van der Waals surface area contributed by atoms with Crippen LogP contribution in [0.25, 0.3) is 22.5 Å². The summed E-state index contributed by atoms with van der Waals surface area (Å²) in [5, 5.41) is 15.2. The van der Waals surface area contributed by atoms with Gasteiger partial charge in [0.1, 0.15) is 17.8 Å². The maximum atomic E-state index is 13.5. The third-order valence-corrected chi connectivity index (χ3v) is 9.10. The molecule has 0 bridgehead atoms. The van der Waals surface area contributed by atoms with Gasteiger partial charge in [-0.05, 0) is 59.2 Å². The maximum Gasteiger partial charge on any atom is 0.326 e. The van der Waals surface area contributed by atoms with Crippen LogP contribution >= 0.6 is 0 Å². The van der Waals surface area contributed by atoms with Crippen molar-refractivity contribution in [3.63, 3.8) is 0 Å². The first kappa shape index (κ1) is 39.7. The van der Waals surface area contributed by atoms with Gasteiger partial charge in [0.2, 0.25) is 5.91 Å². The quantitative estimate of drug-likeness (QED) is 0.0833. The van der Waals surface area contributed by atoms with E-state index < -0.39 is 29.9 Å². The van der Waals surface area contributed by atoms with E-state index in [1.807, 2.05) is 67.6 Å². The highest BCUT2D eigenvalue weighted by Gasteiger charge is 2.27. The van der Waals surface area contributed by atoms with Crippen molar-refractivity contribution < 1.29 is 24.2 Å². The van der Waals surface area contributed by atoms with Crippen LogP contribution in [0.2, 0.25) is 0 Å². The van der Waals surface area contributed by atoms with E-state index in [1.54, 1.807) is 24.5 Å². The molecule has 0 radical (unpaired) electrons. The minimum absolute atomic E-state index is 0.0737. The zero-order valence-corrected chi connectivity index (χ0v) is 31.3. The summed E-state index contributed by atoms with van der Waals surface area (Å²) in [5.74, 6) is -0.655. The summed E-state index contributed by atoms with van der Waals surface area (Å²) in [4.78, 5) is 48.0. The molecule has 3 N–H and O–H groups in total. The van der Waals surface area contributed by atoms with Gasteiger partial charge in [-0.3, -0.25) is 9.59 Å². The minimum Gasteiger partial charge on any atom is -0.494 e. The molecular formula is C43H54N4O5. The topological polar surface area (TPSA) is 131 Å². The highest BCUT2D eigenvalue weighted by molar-refractivity contribution is 5.98. The first-order valence-electron chi connectivity index (χ1n) is 18.6. The lowest BCUT2D eigenvalue weighted by Gasteiger charge is -2.22. The van der Waals surface area contributed by atoms with E-state index in [9.17, 15) is 19.5 Å². The average Bonchev–Trinajstić information content (AvgIpc) is 3.14. The molecule has 0 aliphatic rings. The van der Waals surface area contributed by atoms with Crippen molar-refractivity contribution >= 4 is 17.8 Å². The van der Waals surface area contributed by atoms with Gasteiger partial charge >= 0.3 is 5.97 Å². The molecule has 2 unspecified atom stereocenters. The van der Waals surface area contributed by atoms with Crippen molar-refractivity contribution in [1.82, 2.24) is 20.6 Å². The van der Waals surface area contributed by atoms with Crippen LogP contribution in [0.3, 0.4) is 0 Å². The average molecular weight is 707 g/mol. The van der Waals surface area contributed by atoms with E-state index in [4.69, 9.17) is 4.74 Å². The summed E-state index contributed by atoms with van der Waals surface area (Å²) < 4.78 is 5.90. The van der Waals surface area contributed by atoms with Crippen LogP contribution < -0.4 is 15.4 Å². The number of carboxylic acids is 1. The second kappa shape index (κ2) is 19.5. The third-order valence-electron chi connectivity index (χ3n) is 9.10. The van der Waals surface area contributed by atoms with Crippen molar-refractivity contribution in [3.05, 3.63) is 102 Å². The van der Waals surface area contributed by atoms with Crippen molar-refractivity contribution in [2.24, 2.45) is 0 Å². The Balaban J connectivity index is 1.43. The number of carboxylic acid groups (broad SMARTS) is 1. The second-order valence-corrected chi connectivity index (χ2v) is 14.4. The van der Waals surface area contributed by atoms with E-state index in [2.05, 4.69) is 48.3 Å². The summed E-state index contributed by atoms with van der Waals surface area (Å²) in [6.45, 7) is 11.2. The molecule has 4 rings (SSSR count). The fraction of sp³-hybridized carbons (Fsp3) is 0.419. The lowest BCUT2D eigenvalue weighted by molar-refractivity contribution is -0.142. The van der Waals surface area contributed by atoms with E-state index in [-0.39, 0.29) is 11.8 Å². The van der Waals surface area contributed by atoms with E-state index in [0.29, 0.717) is 24.2 Å². The summed E-state index contributed by atoms with van der Waals surface area (Å²) in [6, 6.07) is 20.7. The SMILES string of the molecule is CCCCCCCOc1ccc(-c2cnc(-c3ccc(CC(NC(=O)c4ccc(C(C)(C)C)cc4)C(=O)NC(CCCC)C(=O)O)cc3)nc2)cc1. The molecule has 0 fully saturated rings. The molecule has 3 aromatic carbocycles. The number of aliphatic carboxylic acids is 1. The van der Waals surface area contributed by atoms with Crippen LogP contribution in [-0.2, 0) is 21.4 Å². The molecule has 1 aromatic heterocycles. The Kier molecular flexibility index (Phi) is 14.9. The number of aromatic nitrogens is 2. The standard InChI is InChI=1S/C43H54N4O5/c1-6-8-10-11-12-26-52-36-24-20-31(21-25-36)34-28-44-39(45-29-34)32-16-14-30(15-17-32)27-38(41(49)46-37(42(50)51)13-9-7-2)47-40(48)33-18-22-35(23-19-33)43(3,4)5/h14-25,28-29,37-38H,6-13,26-27H2,1-5H3,(H,46,49)(H,47,48)(H,50,51). The fourth-order valence-corrected chi connectivity index (χ4v) is 5.80. The van der Waals surface area contributed by atoms with Crippen molar-refractivity contribution in [2.45, 2.75) is 110 Å². The highest BCUT2D eigenvalue weighted by atomic mass is 16.5. The number of unbranched alkanes of at least 4 members (excludes halogenated alkanes) is 5. The van der Waals surface area contributed by atoms with Crippen LogP contribution in [0, 0.1) is 0 Å².